The fourth-order valence-corrected chi connectivity index (χ4v) is 0.812. The van der Waals surface area contributed by atoms with Crippen LogP contribution in [0.5, 0.6) is 5.75 Å². The van der Waals surface area contributed by atoms with E-state index in [4.69, 9.17) is 16.9 Å². The van der Waals surface area contributed by atoms with Crippen molar-refractivity contribution in [3.8, 4) is 18.1 Å². The first-order valence-corrected chi connectivity index (χ1v) is 3.55. The molecule has 0 saturated carbocycles. The number of carbonyl (C=O) groups excluding carboxylic acids is 1. The van der Waals surface area contributed by atoms with Gasteiger partial charge in [-0.3, -0.25) is 9.78 Å². The fraction of sp³-hybridized carbons (Fsp3) is 0.111. The van der Waals surface area contributed by atoms with Crippen LogP contribution in [0.15, 0.2) is 18.5 Å². The Hall–Kier alpha value is -2.02. The first-order chi connectivity index (χ1) is 6.25. The lowest BCUT2D eigenvalue weighted by Gasteiger charge is -2.04. The van der Waals surface area contributed by atoms with Gasteiger partial charge in [-0.2, -0.15) is 0 Å². The second-order valence-corrected chi connectivity index (χ2v) is 2.23. The molecule has 0 spiro atoms. The number of pyridine rings is 1. The number of primary amides is 1. The lowest BCUT2D eigenvalue weighted by molar-refractivity contribution is 0.0996. The van der Waals surface area contributed by atoms with Crippen molar-refractivity contribution >= 4 is 5.91 Å². The zero-order valence-corrected chi connectivity index (χ0v) is 6.86. The van der Waals surface area contributed by atoms with Crippen molar-refractivity contribution < 1.29 is 9.53 Å². The van der Waals surface area contributed by atoms with Gasteiger partial charge >= 0.3 is 0 Å². The van der Waals surface area contributed by atoms with Crippen LogP contribution in [0, 0.1) is 12.3 Å². The molecule has 1 heterocycles. The van der Waals surface area contributed by atoms with E-state index in [1.165, 1.54) is 18.5 Å². The average Bonchev–Trinajstić information content (AvgIpc) is 2.15. The third-order valence-corrected chi connectivity index (χ3v) is 1.36. The van der Waals surface area contributed by atoms with Crippen LogP contribution in [0.1, 0.15) is 10.4 Å². The van der Waals surface area contributed by atoms with E-state index in [1.54, 1.807) is 0 Å². The van der Waals surface area contributed by atoms with E-state index in [1.807, 2.05) is 0 Å². The minimum Gasteiger partial charge on any atom is -0.480 e. The van der Waals surface area contributed by atoms with Gasteiger partial charge in [-0.15, -0.1) is 6.42 Å². The molecule has 1 amide bonds. The first-order valence-electron chi connectivity index (χ1n) is 3.55. The Balaban J connectivity index is 2.92. The van der Waals surface area contributed by atoms with Crippen molar-refractivity contribution in [2.24, 2.45) is 5.73 Å². The van der Waals surface area contributed by atoms with Crippen LogP contribution in [0.2, 0.25) is 0 Å². The zero-order valence-electron chi connectivity index (χ0n) is 6.86. The van der Waals surface area contributed by atoms with Crippen LogP contribution >= 0.6 is 0 Å². The molecule has 0 atom stereocenters. The van der Waals surface area contributed by atoms with Gasteiger partial charge in [0.25, 0.3) is 5.91 Å². The molecule has 0 aliphatic rings. The minimum absolute atomic E-state index is 0.101. The molecule has 1 aromatic heterocycles. The summed E-state index contributed by atoms with van der Waals surface area (Å²) in [6.07, 6.45) is 7.84. The highest BCUT2D eigenvalue weighted by atomic mass is 16.5. The molecule has 0 aromatic carbocycles. The molecular weight excluding hydrogens is 168 g/mol. The van der Waals surface area contributed by atoms with Crippen LogP contribution in [0.25, 0.3) is 0 Å². The van der Waals surface area contributed by atoms with Crippen molar-refractivity contribution in [2.45, 2.75) is 0 Å². The van der Waals surface area contributed by atoms with Crippen molar-refractivity contribution in [3.05, 3.63) is 24.0 Å². The molecule has 2 N–H and O–H groups in total. The largest absolute Gasteiger partial charge is 0.480 e. The average molecular weight is 176 g/mol. The maximum Gasteiger partial charge on any atom is 0.254 e. The summed E-state index contributed by atoms with van der Waals surface area (Å²) in [5, 5.41) is 0. The number of terminal acetylenes is 1. The molecule has 4 heteroatoms. The summed E-state index contributed by atoms with van der Waals surface area (Å²) in [6.45, 7) is 0.101. The van der Waals surface area contributed by atoms with Crippen LogP contribution in [-0.4, -0.2) is 17.5 Å². The van der Waals surface area contributed by atoms with Crippen LogP contribution < -0.4 is 10.5 Å². The molecule has 0 aliphatic heterocycles. The maximum absolute atomic E-state index is 10.8. The smallest absolute Gasteiger partial charge is 0.254 e. The highest BCUT2D eigenvalue weighted by Gasteiger charge is 2.07. The molecule has 1 rings (SSSR count). The number of nitrogens with two attached hydrogens (primary N) is 1. The number of carbonyl (C=O) groups is 1. The lowest BCUT2D eigenvalue weighted by atomic mass is 10.2. The van der Waals surface area contributed by atoms with Crippen LogP contribution in [0.3, 0.4) is 0 Å². The molecule has 0 saturated heterocycles. The van der Waals surface area contributed by atoms with E-state index in [9.17, 15) is 4.79 Å². The molecular formula is C9H8N2O2. The Morgan fingerprint density at radius 3 is 3.15 bits per heavy atom. The van der Waals surface area contributed by atoms with E-state index in [2.05, 4.69) is 10.9 Å². The Morgan fingerprint density at radius 2 is 2.54 bits per heavy atom. The summed E-state index contributed by atoms with van der Waals surface area (Å²) in [6, 6.07) is 1.54. The third kappa shape index (κ3) is 2.20. The minimum atomic E-state index is -0.583. The predicted octanol–water partition coefficient (Wildman–Crippen LogP) is 0.193. The quantitative estimate of drug-likeness (QED) is 0.668. The van der Waals surface area contributed by atoms with Crippen LogP contribution in [0.4, 0.5) is 0 Å². The summed E-state index contributed by atoms with van der Waals surface area (Å²) in [7, 11) is 0. The molecule has 0 aliphatic carbocycles. The Bertz CT molecular complexity index is 355. The van der Waals surface area contributed by atoms with Gasteiger partial charge in [0.15, 0.2) is 0 Å². The first kappa shape index (κ1) is 9.07. The normalized spacial score (nSPS) is 8.85. The van der Waals surface area contributed by atoms with E-state index < -0.39 is 5.91 Å². The molecule has 0 bridgehead atoms. The maximum atomic E-state index is 10.8. The van der Waals surface area contributed by atoms with Gasteiger partial charge < -0.3 is 10.5 Å². The van der Waals surface area contributed by atoms with Gasteiger partial charge in [-0.1, -0.05) is 5.92 Å². The van der Waals surface area contributed by atoms with Crippen LogP contribution in [-0.2, 0) is 0 Å². The Kier molecular flexibility index (Phi) is 2.87. The van der Waals surface area contributed by atoms with Crippen molar-refractivity contribution in [3.63, 3.8) is 0 Å². The topological polar surface area (TPSA) is 65.2 Å². The second-order valence-electron chi connectivity index (χ2n) is 2.23. The third-order valence-electron chi connectivity index (χ3n) is 1.36. The number of rotatable bonds is 3. The second kappa shape index (κ2) is 4.12. The van der Waals surface area contributed by atoms with Gasteiger partial charge in [0.2, 0.25) is 0 Å². The van der Waals surface area contributed by atoms with Gasteiger partial charge in [-0.05, 0) is 6.07 Å². The monoisotopic (exact) mass is 176 g/mol. The van der Waals surface area contributed by atoms with Gasteiger partial charge in [-0.25, -0.2) is 0 Å². The highest BCUT2D eigenvalue weighted by molar-refractivity contribution is 5.95. The van der Waals surface area contributed by atoms with Crippen molar-refractivity contribution in [1.82, 2.24) is 4.98 Å². The lowest BCUT2D eigenvalue weighted by Crippen LogP contribution is -2.13. The summed E-state index contributed by atoms with van der Waals surface area (Å²) < 4.78 is 5.07. The number of ether oxygens (including phenoxy) is 1. The van der Waals surface area contributed by atoms with Gasteiger partial charge in [0, 0.05) is 12.4 Å². The summed E-state index contributed by atoms with van der Waals surface area (Å²) in [4.78, 5) is 14.6. The summed E-state index contributed by atoms with van der Waals surface area (Å²) in [5.74, 6) is 2.07. The molecule has 4 nitrogen and oxygen atoms in total. The van der Waals surface area contributed by atoms with E-state index >= 15 is 0 Å². The van der Waals surface area contributed by atoms with E-state index in [-0.39, 0.29) is 12.2 Å². The number of hydrogen-bond acceptors (Lipinski definition) is 3. The molecule has 13 heavy (non-hydrogen) atoms. The summed E-state index contributed by atoms with van der Waals surface area (Å²) in [5.41, 5.74) is 5.31. The van der Waals surface area contributed by atoms with E-state index in [0.717, 1.165) is 0 Å². The van der Waals surface area contributed by atoms with Gasteiger partial charge in [0.1, 0.15) is 12.4 Å². The Morgan fingerprint density at radius 1 is 1.77 bits per heavy atom. The van der Waals surface area contributed by atoms with Crippen molar-refractivity contribution in [2.75, 3.05) is 6.61 Å². The SMILES string of the molecule is C#CCOc1ccncc1C(N)=O. The molecule has 66 valence electrons. The standard InChI is InChI=1S/C9H8N2O2/c1-2-5-13-8-3-4-11-6-7(8)9(10)12/h1,3-4,6H,5H2,(H2,10,12). The Labute approximate surface area is 75.7 Å². The molecule has 0 unspecified atom stereocenters. The molecule has 1 aromatic rings. The number of aromatic nitrogens is 1. The molecule has 0 radical (unpaired) electrons. The number of nitrogens with zero attached hydrogens (tertiary/aromatic N) is 1. The predicted molar refractivity (Wildman–Crippen MR) is 47.1 cm³/mol. The molecule has 0 fully saturated rings. The highest BCUT2D eigenvalue weighted by Crippen LogP contribution is 2.15. The number of amides is 1. The zero-order chi connectivity index (χ0) is 9.68. The van der Waals surface area contributed by atoms with Gasteiger partial charge in [0.05, 0.1) is 5.56 Å². The summed E-state index contributed by atoms with van der Waals surface area (Å²) >= 11 is 0. The van der Waals surface area contributed by atoms with E-state index in [0.29, 0.717) is 5.75 Å². The number of hydrogen-bond donors (Lipinski definition) is 1. The van der Waals surface area contributed by atoms with Crippen molar-refractivity contribution in [1.29, 1.82) is 0 Å². The fourth-order valence-electron chi connectivity index (χ4n) is 0.812.